The molecule has 0 radical (unpaired) electrons. The highest BCUT2D eigenvalue weighted by Gasteiger charge is 2.35. The van der Waals surface area contributed by atoms with Crippen LogP contribution >= 0.6 is 23.6 Å². The molecule has 0 saturated carbocycles. The summed E-state index contributed by atoms with van der Waals surface area (Å²) in [6.07, 6.45) is -0.129. The summed E-state index contributed by atoms with van der Waals surface area (Å²) in [5.74, 6) is -1.83. The summed E-state index contributed by atoms with van der Waals surface area (Å²) in [4.78, 5) is 51.4. The highest BCUT2D eigenvalue weighted by atomic mass is 32.1. The van der Waals surface area contributed by atoms with Crippen LogP contribution < -0.4 is 10.6 Å². The van der Waals surface area contributed by atoms with E-state index in [0.717, 1.165) is 21.6 Å². The van der Waals surface area contributed by atoms with Crippen LogP contribution in [0.25, 0.3) is 11.1 Å². The molecule has 2 N–H and O–H groups in total. The van der Waals surface area contributed by atoms with E-state index in [-0.39, 0.29) is 24.7 Å². The van der Waals surface area contributed by atoms with E-state index < -0.39 is 23.7 Å². The van der Waals surface area contributed by atoms with Crippen LogP contribution in [0.5, 0.6) is 0 Å². The molecule has 3 aromatic rings. The molecule has 1 aliphatic heterocycles. The lowest BCUT2D eigenvalue weighted by atomic mass is 9.99. The van der Waals surface area contributed by atoms with Gasteiger partial charge in [0.05, 0.1) is 17.7 Å². The smallest absolute Gasteiger partial charge is 0.341 e. The molecule has 10 heteroatoms. The Labute approximate surface area is 223 Å². The molecule has 0 aliphatic carbocycles. The van der Waals surface area contributed by atoms with Crippen LogP contribution in [0.15, 0.2) is 47.8 Å². The van der Waals surface area contributed by atoms with Gasteiger partial charge < -0.3 is 15.4 Å². The third kappa shape index (κ3) is 5.45. The van der Waals surface area contributed by atoms with Crippen LogP contribution in [-0.4, -0.2) is 46.9 Å². The van der Waals surface area contributed by atoms with Crippen molar-refractivity contribution in [3.63, 3.8) is 0 Å². The number of thiocarbonyl (C=S) groups is 1. The Morgan fingerprint density at radius 2 is 1.68 bits per heavy atom. The van der Waals surface area contributed by atoms with Crippen molar-refractivity contribution in [1.82, 2.24) is 10.2 Å². The summed E-state index contributed by atoms with van der Waals surface area (Å²) in [6.45, 7) is 5.87. The second kappa shape index (κ2) is 11.0. The summed E-state index contributed by atoms with van der Waals surface area (Å²) in [6, 6.07) is 12.5. The Kier molecular flexibility index (Phi) is 7.80. The number of carbonyl (C=O) groups excluding carboxylic acids is 4. The lowest BCUT2D eigenvalue weighted by Crippen LogP contribution is -2.38. The molecule has 2 heterocycles. The van der Waals surface area contributed by atoms with Crippen LogP contribution in [0.1, 0.15) is 55.5 Å². The van der Waals surface area contributed by atoms with Crippen LogP contribution in [-0.2, 0) is 9.53 Å². The van der Waals surface area contributed by atoms with Crippen molar-refractivity contribution in [2.24, 2.45) is 0 Å². The highest BCUT2D eigenvalue weighted by molar-refractivity contribution is 7.80. The number of thiophene rings is 1. The Morgan fingerprint density at radius 1 is 1.00 bits per heavy atom. The third-order valence-corrected chi connectivity index (χ3v) is 7.11. The maximum Gasteiger partial charge on any atom is 0.341 e. The monoisotopic (exact) mass is 535 g/mol. The van der Waals surface area contributed by atoms with Crippen molar-refractivity contribution in [2.75, 3.05) is 18.5 Å². The summed E-state index contributed by atoms with van der Waals surface area (Å²) in [5.41, 5.74) is 4.79. The van der Waals surface area contributed by atoms with Gasteiger partial charge in [-0.05, 0) is 61.8 Å². The normalized spacial score (nSPS) is 12.4. The van der Waals surface area contributed by atoms with E-state index in [0.29, 0.717) is 27.3 Å². The molecule has 2 aromatic carbocycles. The van der Waals surface area contributed by atoms with Crippen LogP contribution in [0, 0.1) is 13.8 Å². The second-order valence-electron chi connectivity index (χ2n) is 8.43. The number of fused-ring (bicyclic) bond motifs is 1. The van der Waals surface area contributed by atoms with E-state index in [1.165, 1.54) is 11.3 Å². The summed E-state index contributed by atoms with van der Waals surface area (Å²) < 4.78 is 5.28. The number of imide groups is 1. The van der Waals surface area contributed by atoms with E-state index in [9.17, 15) is 19.2 Å². The lowest BCUT2D eigenvalue weighted by Gasteiger charge is -2.14. The molecule has 1 aromatic heterocycles. The van der Waals surface area contributed by atoms with Gasteiger partial charge in [0.15, 0.2) is 5.11 Å². The van der Waals surface area contributed by atoms with E-state index >= 15 is 0 Å². The number of hydrogen-bond acceptors (Lipinski definition) is 7. The first-order valence-electron chi connectivity index (χ1n) is 11.6. The number of benzene rings is 2. The van der Waals surface area contributed by atoms with Gasteiger partial charge in [-0.25, -0.2) is 4.79 Å². The maximum atomic E-state index is 12.8. The minimum Gasteiger partial charge on any atom is -0.462 e. The van der Waals surface area contributed by atoms with E-state index in [2.05, 4.69) is 10.6 Å². The van der Waals surface area contributed by atoms with E-state index in [1.807, 2.05) is 37.4 Å². The molecule has 0 fully saturated rings. The topological polar surface area (TPSA) is 105 Å². The van der Waals surface area contributed by atoms with Crippen LogP contribution in [0.4, 0.5) is 5.00 Å². The number of ether oxygens (including phenoxy) is 1. The molecule has 0 spiro atoms. The predicted octanol–water partition coefficient (Wildman–Crippen LogP) is 4.71. The molecule has 0 saturated heterocycles. The lowest BCUT2D eigenvalue weighted by molar-refractivity contribution is -0.119. The molecule has 37 heavy (non-hydrogen) atoms. The van der Waals surface area contributed by atoms with Crippen molar-refractivity contribution in [3.05, 3.63) is 75.7 Å². The molecule has 0 bridgehead atoms. The second-order valence-corrected chi connectivity index (χ2v) is 9.72. The van der Waals surface area contributed by atoms with Gasteiger partial charge in [-0.1, -0.05) is 30.3 Å². The van der Waals surface area contributed by atoms with E-state index in [1.54, 1.807) is 31.2 Å². The molecule has 190 valence electrons. The fourth-order valence-corrected chi connectivity index (χ4v) is 5.20. The standard InChI is InChI=1S/C27H25N3O5S2/c1-4-35-26(34)22-20(17-10-9-15(2)16(3)13-17)14-37-23(22)29-27(36)28-21(31)11-12-30-24(32)18-7-5-6-8-19(18)25(30)33/h5-10,13-14H,4,11-12H2,1-3H3,(H2,28,29,31,36). The average molecular weight is 536 g/mol. The zero-order chi connectivity index (χ0) is 26.7. The predicted molar refractivity (Wildman–Crippen MR) is 146 cm³/mol. The largest absolute Gasteiger partial charge is 0.462 e. The highest BCUT2D eigenvalue weighted by Crippen LogP contribution is 2.37. The first kappa shape index (κ1) is 26.2. The molecule has 3 amide bonds. The first-order valence-corrected chi connectivity index (χ1v) is 12.9. The summed E-state index contributed by atoms with van der Waals surface area (Å²) in [5, 5.41) is 7.75. The summed E-state index contributed by atoms with van der Waals surface area (Å²) >= 11 is 6.57. The van der Waals surface area contributed by atoms with Gasteiger partial charge in [0.2, 0.25) is 5.91 Å². The van der Waals surface area contributed by atoms with Gasteiger partial charge in [0.25, 0.3) is 11.8 Å². The zero-order valence-corrected chi connectivity index (χ0v) is 22.2. The molecule has 0 unspecified atom stereocenters. The number of amides is 3. The fourth-order valence-electron chi connectivity index (χ4n) is 3.96. The molecular formula is C27H25N3O5S2. The van der Waals surface area contributed by atoms with Gasteiger partial charge in [-0.2, -0.15) is 0 Å². The Hall–Kier alpha value is -3.89. The molecular weight excluding hydrogens is 510 g/mol. The third-order valence-electron chi connectivity index (χ3n) is 6.01. The van der Waals surface area contributed by atoms with E-state index in [4.69, 9.17) is 17.0 Å². The zero-order valence-electron chi connectivity index (χ0n) is 20.5. The Morgan fingerprint density at radius 3 is 2.30 bits per heavy atom. The Balaban J connectivity index is 1.43. The quantitative estimate of drug-likeness (QED) is 0.257. The van der Waals surface area contributed by atoms with Gasteiger partial charge in [-0.15, -0.1) is 11.3 Å². The number of nitrogens with zero attached hydrogens (tertiary/aromatic N) is 1. The number of hydrogen-bond donors (Lipinski definition) is 2. The van der Waals surface area contributed by atoms with Gasteiger partial charge >= 0.3 is 5.97 Å². The van der Waals surface area contributed by atoms with Crippen molar-refractivity contribution in [2.45, 2.75) is 27.2 Å². The minimum absolute atomic E-state index is 0.00797. The average Bonchev–Trinajstić information content (AvgIpc) is 3.38. The molecule has 4 rings (SSSR count). The van der Waals surface area contributed by atoms with Crippen molar-refractivity contribution in [3.8, 4) is 11.1 Å². The first-order chi connectivity index (χ1) is 17.7. The molecule has 1 aliphatic rings. The SMILES string of the molecule is CCOC(=O)c1c(-c2ccc(C)c(C)c2)csc1NC(=S)NC(=O)CCN1C(=O)c2ccccc2C1=O. The number of aryl methyl sites for hydroxylation is 2. The molecule has 0 atom stereocenters. The van der Waals surface area contributed by atoms with Crippen molar-refractivity contribution < 1.29 is 23.9 Å². The van der Waals surface area contributed by atoms with Crippen molar-refractivity contribution in [1.29, 1.82) is 0 Å². The number of rotatable bonds is 7. The minimum atomic E-state index is -0.501. The number of nitrogens with one attached hydrogen (secondary N) is 2. The maximum absolute atomic E-state index is 12.8. The number of esters is 1. The van der Waals surface area contributed by atoms with Crippen LogP contribution in [0.2, 0.25) is 0 Å². The summed E-state index contributed by atoms with van der Waals surface area (Å²) in [7, 11) is 0. The molecule has 8 nitrogen and oxygen atoms in total. The number of anilines is 1. The van der Waals surface area contributed by atoms with Gasteiger partial charge in [0, 0.05) is 23.9 Å². The van der Waals surface area contributed by atoms with Gasteiger partial charge in [-0.3, -0.25) is 19.3 Å². The fraction of sp³-hybridized carbons (Fsp3) is 0.222. The van der Waals surface area contributed by atoms with Gasteiger partial charge in [0.1, 0.15) is 10.6 Å². The van der Waals surface area contributed by atoms with Crippen molar-refractivity contribution >= 4 is 57.4 Å². The van der Waals surface area contributed by atoms with Crippen LogP contribution in [0.3, 0.4) is 0 Å². The Bertz CT molecular complexity index is 1390. The number of carbonyl (C=O) groups is 4.